The summed E-state index contributed by atoms with van der Waals surface area (Å²) >= 11 is 0. The monoisotopic (exact) mass is 933 g/mol. The smallest absolute Gasteiger partial charge is 0.0324 e. The lowest BCUT2D eigenvalue weighted by atomic mass is 9.76. The molecule has 3 aliphatic carbocycles. The average Bonchev–Trinajstić information content (AvgIpc) is 3.87. The van der Waals surface area contributed by atoms with Gasteiger partial charge in [-0.1, -0.05) is 272 Å². The first-order chi connectivity index (χ1) is 35.4. The van der Waals surface area contributed by atoms with E-state index < -0.39 is 0 Å². The molecule has 0 bridgehead atoms. The van der Waals surface area contributed by atoms with Gasteiger partial charge in [-0.15, -0.1) is 0 Å². The second kappa shape index (κ2) is 23.8. The van der Waals surface area contributed by atoms with E-state index in [1.165, 1.54) is 93.5 Å². The van der Waals surface area contributed by atoms with Gasteiger partial charge in [0.25, 0.3) is 0 Å². The standard InChI is InChI=1S/C68H56.2C2H6/c1-6-8-10-26-51-27-11-9-12-30-54(51)67-58-34-20-17-31-55(58)66(56-32-18-21-35-59(56)67)53(44-43-49-41-39-46(3)40-42-49)45-50(7-2)65-57-33-19-22-36-60(57)68(64-48(5)25-14-16-37-62(64)65)61-38-23-29-52-28-15-13-24-47(4)63(52)61;2*1-2/h6-8,10,12-26,28-42,44-45,47-48H,2,9,43H2,1,3-5H3;2*1-2H3/b8-6-,26-10-,50-45+,53-44+;;. The van der Waals surface area contributed by atoms with Crippen molar-refractivity contribution in [3.8, 4) is 23.0 Å². The van der Waals surface area contributed by atoms with Crippen molar-refractivity contribution in [1.82, 2.24) is 0 Å². The van der Waals surface area contributed by atoms with Crippen LogP contribution in [-0.2, 0) is 6.42 Å². The Labute approximate surface area is 430 Å². The second-order valence-electron chi connectivity index (χ2n) is 18.1. The Hall–Kier alpha value is -7.98. The first-order valence-electron chi connectivity index (χ1n) is 26.1. The van der Waals surface area contributed by atoms with Crippen LogP contribution in [0.1, 0.15) is 117 Å². The number of fused-ring (bicyclic) bond motifs is 5. The Morgan fingerprint density at radius 2 is 1.21 bits per heavy atom. The number of benzene rings is 7. The molecule has 0 spiro atoms. The van der Waals surface area contributed by atoms with Crippen molar-refractivity contribution in [3.63, 3.8) is 0 Å². The maximum Gasteiger partial charge on any atom is 0.0324 e. The molecule has 72 heavy (non-hydrogen) atoms. The molecule has 0 nitrogen and oxygen atoms in total. The first-order valence-corrected chi connectivity index (χ1v) is 26.1. The van der Waals surface area contributed by atoms with Crippen molar-refractivity contribution in [3.05, 3.63) is 269 Å². The minimum absolute atomic E-state index is 0.152. The molecule has 2 atom stereocenters. The lowest BCUT2D eigenvalue weighted by Crippen LogP contribution is -2.06. The van der Waals surface area contributed by atoms with E-state index in [-0.39, 0.29) is 11.8 Å². The van der Waals surface area contributed by atoms with E-state index in [1.807, 2.05) is 34.6 Å². The molecule has 2 unspecified atom stereocenters. The number of hydrogen-bond donors (Lipinski definition) is 0. The van der Waals surface area contributed by atoms with Crippen LogP contribution in [0.25, 0.3) is 72.3 Å². The zero-order chi connectivity index (χ0) is 50.6. The summed E-state index contributed by atoms with van der Waals surface area (Å²) in [6.07, 6.45) is 39.4. The molecule has 0 N–H and O–H groups in total. The van der Waals surface area contributed by atoms with Crippen LogP contribution < -0.4 is 0 Å². The van der Waals surface area contributed by atoms with Gasteiger partial charge in [0.1, 0.15) is 0 Å². The Bertz CT molecular complexity index is 3490. The van der Waals surface area contributed by atoms with Gasteiger partial charge in [0, 0.05) is 23.8 Å². The van der Waals surface area contributed by atoms with E-state index in [2.05, 4.69) is 258 Å². The Morgan fingerprint density at radius 1 is 0.611 bits per heavy atom. The van der Waals surface area contributed by atoms with E-state index in [0.29, 0.717) is 6.42 Å². The van der Waals surface area contributed by atoms with Crippen molar-refractivity contribution >= 4 is 61.2 Å². The van der Waals surface area contributed by atoms with Gasteiger partial charge in [0.2, 0.25) is 0 Å². The lowest BCUT2D eigenvalue weighted by molar-refractivity contribution is 0.955. The van der Waals surface area contributed by atoms with Gasteiger partial charge in [-0.25, -0.2) is 0 Å². The highest BCUT2D eigenvalue weighted by Gasteiger charge is 2.27. The molecule has 0 aliphatic heterocycles. The van der Waals surface area contributed by atoms with Gasteiger partial charge in [-0.2, -0.15) is 0 Å². The maximum absolute atomic E-state index is 4.63. The van der Waals surface area contributed by atoms with Crippen molar-refractivity contribution < 1.29 is 0 Å². The molecule has 0 heterocycles. The fourth-order valence-electron chi connectivity index (χ4n) is 10.6. The molecule has 3 aliphatic rings. The molecule has 7 aromatic carbocycles. The molecule has 0 aromatic heterocycles. The van der Waals surface area contributed by atoms with Gasteiger partial charge in [-0.3, -0.25) is 0 Å². The first kappa shape index (κ1) is 50.4. The average molecular weight is 933 g/mol. The van der Waals surface area contributed by atoms with Crippen LogP contribution in [0.2, 0.25) is 0 Å². The lowest BCUT2D eigenvalue weighted by Gasteiger charge is -2.27. The molecule has 10 rings (SSSR count). The summed E-state index contributed by atoms with van der Waals surface area (Å²) in [5.41, 5.74) is 18.4. The zero-order valence-corrected chi connectivity index (χ0v) is 43.6. The topological polar surface area (TPSA) is 0 Å². The number of allylic oxidation sites excluding steroid dienone is 19. The molecule has 0 heteroatoms. The van der Waals surface area contributed by atoms with Crippen LogP contribution in [0, 0.1) is 18.8 Å². The summed E-state index contributed by atoms with van der Waals surface area (Å²) in [5, 5.41) is 7.26. The molecule has 0 saturated heterocycles. The van der Waals surface area contributed by atoms with E-state index in [9.17, 15) is 0 Å². The summed E-state index contributed by atoms with van der Waals surface area (Å²) in [6, 6.07) is 42.8. The molecule has 7 aromatic rings. The van der Waals surface area contributed by atoms with Crippen LogP contribution in [0.5, 0.6) is 0 Å². The van der Waals surface area contributed by atoms with Crippen molar-refractivity contribution in [2.45, 2.75) is 80.1 Å². The largest absolute Gasteiger partial charge is 0.0984 e. The summed E-state index contributed by atoms with van der Waals surface area (Å²) in [7, 11) is 0. The summed E-state index contributed by atoms with van der Waals surface area (Å²) in [4.78, 5) is 0. The third-order valence-corrected chi connectivity index (χ3v) is 13.7. The third kappa shape index (κ3) is 10.1. The Kier molecular flexibility index (Phi) is 16.6. The minimum atomic E-state index is 0.152. The van der Waals surface area contributed by atoms with E-state index >= 15 is 0 Å². The second-order valence-corrected chi connectivity index (χ2v) is 18.1. The van der Waals surface area contributed by atoms with Crippen LogP contribution in [0.3, 0.4) is 0 Å². The fraction of sp³-hybridized carbons (Fsp3) is 0.167. The highest BCUT2D eigenvalue weighted by atomic mass is 14.3. The van der Waals surface area contributed by atoms with E-state index in [0.717, 1.165) is 28.7 Å². The van der Waals surface area contributed by atoms with Crippen molar-refractivity contribution in [2.24, 2.45) is 0 Å². The minimum Gasteiger partial charge on any atom is -0.0984 e. The third-order valence-electron chi connectivity index (χ3n) is 13.7. The molecule has 356 valence electrons. The van der Waals surface area contributed by atoms with Gasteiger partial charge in [-0.05, 0) is 137 Å². The summed E-state index contributed by atoms with van der Waals surface area (Å²) in [5.74, 6) is 7.32. The van der Waals surface area contributed by atoms with Crippen LogP contribution >= 0.6 is 0 Å². The molecule has 0 saturated carbocycles. The van der Waals surface area contributed by atoms with Crippen LogP contribution in [-0.4, -0.2) is 0 Å². The fourth-order valence-corrected chi connectivity index (χ4v) is 10.6. The van der Waals surface area contributed by atoms with Crippen LogP contribution in [0.4, 0.5) is 0 Å². The number of aryl methyl sites for hydroxylation is 1. The molecule has 0 fully saturated rings. The molecule has 0 radical (unpaired) electrons. The summed E-state index contributed by atoms with van der Waals surface area (Å²) in [6.45, 7) is 21.5. The highest BCUT2D eigenvalue weighted by Crippen LogP contribution is 2.49. The normalized spacial score (nSPS) is 16.1. The van der Waals surface area contributed by atoms with E-state index in [4.69, 9.17) is 0 Å². The number of hydrogen-bond acceptors (Lipinski definition) is 0. The van der Waals surface area contributed by atoms with E-state index in [1.54, 1.807) is 0 Å². The van der Waals surface area contributed by atoms with Crippen molar-refractivity contribution in [2.75, 3.05) is 0 Å². The van der Waals surface area contributed by atoms with Gasteiger partial charge in [0.15, 0.2) is 0 Å². The highest BCUT2D eigenvalue weighted by molar-refractivity contribution is 6.19. The SMILES string of the molecule is C=C/C(=C\C(=C/Cc1ccc(C)cc1)c1c2ccccc2c(C2=C(/C=C\C=C/C)C#CCC=C2)c2ccccc12)c1c2c(c(-c3cccc4c3C(C)C=CC=C4)c3ccccc13)C(C)C=CC=C2.CC.CC. The van der Waals surface area contributed by atoms with Gasteiger partial charge < -0.3 is 0 Å². The zero-order valence-electron chi connectivity index (χ0n) is 43.6. The molecular formula is C72H68. The maximum atomic E-state index is 4.63. The molecule has 0 amide bonds. The van der Waals surface area contributed by atoms with Crippen molar-refractivity contribution in [1.29, 1.82) is 0 Å². The quantitative estimate of drug-likeness (QED) is 0.0728. The number of rotatable bonds is 10. The van der Waals surface area contributed by atoms with Gasteiger partial charge in [0.05, 0.1) is 0 Å². The Balaban J connectivity index is 0.00000169. The predicted octanol–water partition coefficient (Wildman–Crippen LogP) is 20.3. The summed E-state index contributed by atoms with van der Waals surface area (Å²) < 4.78 is 0. The van der Waals surface area contributed by atoms with Gasteiger partial charge >= 0.3 is 0 Å². The Morgan fingerprint density at radius 3 is 1.85 bits per heavy atom. The predicted molar refractivity (Wildman–Crippen MR) is 320 cm³/mol. The van der Waals surface area contributed by atoms with Crippen LogP contribution in [0.15, 0.2) is 219 Å². The molecular weight excluding hydrogens is 865 g/mol.